The highest BCUT2D eigenvalue weighted by molar-refractivity contribution is 6.41. The molecule has 1 amide bonds. The summed E-state index contributed by atoms with van der Waals surface area (Å²) < 4.78 is 0. The molecule has 0 radical (unpaired) electrons. The van der Waals surface area contributed by atoms with Crippen LogP contribution in [0.2, 0.25) is 10.2 Å². The average molecular weight is 379 g/mol. The maximum atomic E-state index is 12.3. The van der Waals surface area contributed by atoms with Crippen molar-refractivity contribution in [3.05, 3.63) is 52.0 Å². The number of halogens is 2. The Labute approximate surface area is 150 Å². The van der Waals surface area contributed by atoms with E-state index in [2.05, 4.69) is 30.7 Å². The number of carboxylic acids is 1. The lowest BCUT2D eigenvalue weighted by Gasteiger charge is -2.08. The molecule has 9 nitrogen and oxygen atoms in total. The van der Waals surface area contributed by atoms with Gasteiger partial charge in [0.1, 0.15) is 16.5 Å². The number of carboxylic acid groups (broad SMARTS) is 1. The number of nitrogens with zero attached hydrogens (tertiary/aromatic N) is 4. The van der Waals surface area contributed by atoms with E-state index in [1.165, 1.54) is 12.1 Å². The molecule has 0 fully saturated rings. The predicted molar refractivity (Wildman–Crippen MR) is 88.8 cm³/mol. The predicted octanol–water partition coefficient (Wildman–Crippen LogP) is 2.52. The fourth-order valence-electron chi connectivity index (χ4n) is 1.90. The second-order valence-corrected chi connectivity index (χ2v) is 5.44. The van der Waals surface area contributed by atoms with Crippen LogP contribution in [0.1, 0.15) is 21.0 Å². The van der Waals surface area contributed by atoms with Gasteiger partial charge in [0.05, 0.1) is 10.7 Å². The van der Waals surface area contributed by atoms with Gasteiger partial charge in [-0.1, -0.05) is 23.2 Å². The third-order valence-electron chi connectivity index (χ3n) is 3.04. The molecule has 0 spiro atoms. The molecule has 126 valence electrons. The van der Waals surface area contributed by atoms with E-state index in [0.717, 1.165) is 0 Å². The Kier molecular flexibility index (Phi) is 4.59. The van der Waals surface area contributed by atoms with Crippen molar-refractivity contribution in [2.45, 2.75) is 0 Å². The lowest BCUT2D eigenvalue weighted by atomic mass is 10.2. The molecule has 0 aromatic carbocycles. The van der Waals surface area contributed by atoms with Gasteiger partial charge in [-0.15, -0.1) is 10.2 Å². The minimum Gasteiger partial charge on any atom is -0.476 e. The van der Waals surface area contributed by atoms with Crippen LogP contribution < -0.4 is 5.32 Å². The highest BCUT2D eigenvalue weighted by atomic mass is 35.5. The number of rotatable bonds is 4. The topological polar surface area (TPSA) is 134 Å². The zero-order valence-electron chi connectivity index (χ0n) is 12.2. The van der Waals surface area contributed by atoms with Gasteiger partial charge in [0.25, 0.3) is 5.91 Å². The van der Waals surface area contributed by atoms with E-state index < -0.39 is 17.6 Å². The molecule has 3 heterocycles. The van der Waals surface area contributed by atoms with Crippen molar-refractivity contribution in [2.24, 2.45) is 0 Å². The van der Waals surface area contributed by atoms with Gasteiger partial charge in [-0.05, 0) is 24.3 Å². The summed E-state index contributed by atoms with van der Waals surface area (Å²) in [6, 6.07) is 5.88. The molecule has 3 aromatic heterocycles. The maximum Gasteiger partial charge on any atom is 0.356 e. The SMILES string of the molecule is O=C(Nc1cc(Cl)c(Cl)nc1C(=O)O)c1ccc(-c2cc[nH]n2)nn1. The standard InChI is InChI=1S/C14H8Cl2N6O3/c15-6-5-10(11(14(24)25)19-12(6)16)18-13(23)9-2-1-7(21-22-9)8-3-4-17-20-8/h1-5H,(H,17,20)(H,18,23)(H,24,25). The second-order valence-electron chi connectivity index (χ2n) is 4.68. The summed E-state index contributed by atoms with van der Waals surface area (Å²) in [4.78, 5) is 27.1. The second kappa shape index (κ2) is 6.83. The van der Waals surface area contributed by atoms with Gasteiger partial charge in [0.15, 0.2) is 11.4 Å². The van der Waals surface area contributed by atoms with Crippen LogP contribution in [0.4, 0.5) is 5.69 Å². The average Bonchev–Trinajstić information content (AvgIpc) is 3.12. The largest absolute Gasteiger partial charge is 0.476 e. The van der Waals surface area contributed by atoms with E-state index in [-0.39, 0.29) is 21.6 Å². The number of carbonyl (C=O) groups excluding carboxylic acids is 1. The van der Waals surface area contributed by atoms with Gasteiger partial charge in [-0.3, -0.25) is 9.89 Å². The molecule has 0 aliphatic heterocycles. The van der Waals surface area contributed by atoms with Crippen molar-refractivity contribution in [3.63, 3.8) is 0 Å². The van der Waals surface area contributed by atoms with Gasteiger partial charge >= 0.3 is 5.97 Å². The van der Waals surface area contributed by atoms with Gasteiger partial charge in [0.2, 0.25) is 0 Å². The molecule has 0 aliphatic rings. The number of hydrogen-bond donors (Lipinski definition) is 3. The first-order valence-electron chi connectivity index (χ1n) is 6.70. The first-order valence-corrected chi connectivity index (χ1v) is 7.46. The molecule has 0 saturated heterocycles. The van der Waals surface area contributed by atoms with E-state index in [1.54, 1.807) is 18.3 Å². The Hall–Kier alpha value is -3.04. The summed E-state index contributed by atoms with van der Waals surface area (Å²) in [6.45, 7) is 0. The molecular weight excluding hydrogens is 371 g/mol. The number of carbonyl (C=O) groups is 2. The Bertz CT molecular complexity index is 944. The molecule has 0 atom stereocenters. The van der Waals surface area contributed by atoms with Crippen LogP contribution in [0.5, 0.6) is 0 Å². The van der Waals surface area contributed by atoms with E-state index in [1.807, 2.05) is 0 Å². The smallest absolute Gasteiger partial charge is 0.356 e. The minimum atomic E-state index is -1.37. The number of aromatic carboxylic acids is 1. The highest BCUT2D eigenvalue weighted by Crippen LogP contribution is 2.26. The number of amides is 1. The molecule has 0 saturated carbocycles. The lowest BCUT2D eigenvalue weighted by molar-refractivity contribution is 0.0692. The van der Waals surface area contributed by atoms with E-state index >= 15 is 0 Å². The monoisotopic (exact) mass is 378 g/mol. The van der Waals surface area contributed by atoms with Crippen LogP contribution in [-0.4, -0.2) is 42.4 Å². The Morgan fingerprint density at radius 2 is 1.92 bits per heavy atom. The van der Waals surface area contributed by atoms with E-state index in [9.17, 15) is 9.59 Å². The summed E-state index contributed by atoms with van der Waals surface area (Å²) >= 11 is 11.5. The minimum absolute atomic E-state index is 0.00179. The fraction of sp³-hybridized carbons (Fsp3) is 0. The number of H-pyrrole nitrogens is 1. The van der Waals surface area contributed by atoms with Crippen LogP contribution in [0.15, 0.2) is 30.5 Å². The molecule has 0 unspecified atom stereocenters. The van der Waals surface area contributed by atoms with Crippen LogP contribution in [0, 0.1) is 0 Å². The highest BCUT2D eigenvalue weighted by Gasteiger charge is 2.19. The number of aromatic nitrogens is 5. The molecule has 25 heavy (non-hydrogen) atoms. The Morgan fingerprint density at radius 3 is 2.52 bits per heavy atom. The zero-order chi connectivity index (χ0) is 18.0. The number of hydrogen-bond acceptors (Lipinski definition) is 6. The third-order valence-corrected chi connectivity index (χ3v) is 3.72. The summed E-state index contributed by atoms with van der Waals surface area (Å²) in [5, 5.41) is 25.6. The lowest BCUT2D eigenvalue weighted by Crippen LogP contribution is -2.17. The summed E-state index contributed by atoms with van der Waals surface area (Å²) in [5.41, 5.74) is 0.470. The Balaban J connectivity index is 1.85. The quantitative estimate of drug-likeness (QED) is 0.593. The molecule has 3 N–H and O–H groups in total. The summed E-state index contributed by atoms with van der Waals surface area (Å²) in [7, 11) is 0. The van der Waals surface area contributed by atoms with Gasteiger partial charge < -0.3 is 10.4 Å². The van der Waals surface area contributed by atoms with Crippen molar-refractivity contribution in [2.75, 3.05) is 5.32 Å². The van der Waals surface area contributed by atoms with Crippen LogP contribution >= 0.6 is 23.2 Å². The van der Waals surface area contributed by atoms with Crippen molar-refractivity contribution >= 4 is 40.8 Å². The number of pyridine rings is 1. The molecule has 3 rings (SSSR count). The summed E-state index contributed by atoms with van der Waals surface area (Å²) in [5.74, 6) is -2.04. The number of nitrogens with one attached hydrogen (secondary N) is 2. The normalized spacial score (nSPS) is 10.5. The van der Waals surface area contributed by atoms with Crippen LogP contribution in [0.25, 0.3) is 11.4 Å². The van der Waals surface area contributed by atoms with Gasteiger partial charge in [-0.2, -0.15) is 5.10 Å². The van der Waals surface area contributed by atoms with Crippen LogP contribution in [0.3, 0.4) is 0 Å². The molecular formula is C14H8Cl2N6O3. The number of aromatic amines is 1. The fourth-order valence-corrected chi connectivity index (χ4v) is 2.19. The van der Waals surface area contributed by atoms with Crippen LogP contribution in [-0.2, 0) is 0 Å². The van der Waals surface area contributed by atoms with Crippen molar-refractivity contribution < 1.29 is 14.7 Å². The van der Waals surface area contributed by atoms with Crippen molar-refractivity contribution in [1.29, 1.82) is 0 Å². The zero-order valence-corrected chi connectivity index (χ0v) is 13.7. The molecule has 11 heteroatoms. The third kappa shape index (κ3) is 3.57. The van der Waals surface area contributed by atoms with Crippen molar-refractivity contribution in [3.8, 4) is 11.4 Å². The molecule has 0 bridgehead atoms. The van der Waals surface area contributed by atoms with E-state index in [0.29, 0.717) is 11.4 Å². The van der Waals surface area contributed by atoms with Gasteiger partial charge in [0, 0.05) is 6.20 Å². The number of anilines is 1. The Morgan fingerprint density at radius 1 is 1.12 bits per heavy atom. The molecule has 0 aliphatic carbocycles. The summed E-state index contributed by atoms with van der Waals surface area (Å²) in [6.07, 6.45) is 1.63. The maximum absolute atomic E-state index is 12.3. The first kappa shape index (κ1) is 16.8. The first-order chi connectivity index (χ1) is 12.0. The van der Waals surface area contributed by atoms with E-state index in [4.69, 9.17) is 28.3 Å². The molecule has 3 aromatic rings. The van der Waals surface area contributed by atoms with Gasteiger partial charge in [-0.25, -0.2) is 9.78 Å². The van der Waals surface area contributed by atoms with Crippen molar-refractivity contribution in [1.82, 2.24) is 25.4 Å².